The van der Waals surface area contributed by atoms with Crippen LogP contribution in [0.5, 0.6) is 5.75 Å². The van der Waals surface area contributed by atoms with Crippen LogP contribution in [0.3, 0.4) is 0 Å². The lowest BCUT2D eigenvalue weighted by atomic mass is 10.1. The predicted octanol–water partition coefficient (Wildman–Crippen LogP) is 2.87. The number of nitrogens with zero attached hydrogens (tertiary/aromatic N) is 3. The molecule has 2 N–H and O–H groups in total. The van der Waals surface area contributed by atoms with Crippen LogP contribution in [-0.2, 0) is 13.6 Å². The number of aromatic nitrogens is 3. The number of urea groups is 1. The summed E-state index contributed by atoms with van der Waals surface area (Å²) in [6.07, 6.45) is 1.71. The molecule has 0 unspecified atom stereocenters. The van der Waals surface area contributed by atoms with E-state index in [0.29, 0.717) is 12.4 Å². The van der Waals surface area contributed by atoms with Crippen LogP contribution < -0.4 is 15.4 Å². The Morgan fingerprint density at radius 3 is 3.00 bits per heavy atom. The summed E-state index contributed by atoms with van der Waals surface area (Å²) in [5.74, 6) is 1.36. The Hall–Kier alpha value is -2.87. The lowest BCUT2D eigenvalue weighted by Crippen LogP contribution is -2.28. The van der Waals surface area contributed by atoms with Crippen LogP contribution in [0, 0.1) is 0 Å². The molecule has 0 saturated heterocycles. The average Bonchev–Trinajstić information content (AvgIpc) is 3.23. The van der Waals surface area contributed by atoms with E-state index in [4.69, 9.17) is 4.74 Å². The van der Waals surface area contributed by atoms with Crippen molar-refractivity contribution in [2.24, 2.45) is 7.05 Å². The standard InChI is InChI=1S/C16H17N5O2S/c1-21-14(19-16(22)18-10-15-17-6-7-24-15)9-13(20-21)11-4-3-5-12(8-11)23-2/h3-9H,10H2,1-2H3,(H2,18,19,22). The molecule has 0 atom stereocenters. The van der Waals surface area contributed by atoms with Gasteiger partial charge in [-0.1, -0.05) is 12.1 Å². The Bertz CT molecular complexity index is 829. The van der Waals surface area contributed by atoms with Gasteiger partial charge in [0.2, 0.25) is 0 Å². The molecular weight excluding hydrogens is 326 g/mol. The Balaban J connectivity index is 1.68. The van der Waals surface area contributed by atoms with Gasteiger partial charge < -0.3 is 10.1 Å². The first kappa shape index (κ1) is 16.0. The Kier molecular flexibility index (Phi) is 4.76. The number of methoxy groups -OCH3 is 1. The monoisotopic (exact) mass is 343 g/mol. The van der Waals surface area contributed by atoms with Gasteiger partial charge in [0.25, 0.3) is 0 Å². The third kappa shape index (κ3) is 3.72. The summed E-state index contributed by atoms with van der Waals surface area (Å²) in [6.45, 7) is 0.393. The molecule has 2 aromatic heterocycles. The van der Waals surface area contributed by atoms with Gasteiger partial charge in [-0.3, -0.25) is 10.00 Å². The molecule has 8 heteroatoms. The van der Waals surface area contributed by atoms with E-state index in [9.17, 15) is 4.79 Å². The minimum Gasteiger partial charge on any atom is -0.497 e. The Morgan fingerprint density at radius 2 is 2.25 bits per heavy atom. The number of hydrogen-bond acceptors (Lipinski definition) is 5. The fourth-order valence-electron chi connectivity index (χ4n) is 2.16. The molecule has 0 bridgehead atoms. The number of nitrogens with one attached hydrogen (secondary N) is 2. The highest BCUT2D eigenvalue weighted by atomic mass is 32.1. The topological polar surface area (TPSA) is 81.1 Å². The van der Waals surface area contributed by atoms with Crippen molar-refractivity contribution in [2.75, 3.05) is 12.4 Å². The molecule has 0 spiro atoms. The second-order valence-electron chi connectivity index (χ2n) is 5.00. The zero-order valence-corrected chi connectivity index (χ0v) is 14.1. The lowest BCUT2D eigenvalue weighted by molar-refractivity contribution is 0.251. The SMILES string of the molecule is COc1cccc(-c2cc(NC(=O)NCc3nccs3)n(C)n2)c1. The summed E-state index contributed by atoms with van der Waals surface area (Å²) >= 11 is 1.50. The zero-order chi connectivity index (χ0) is 16.9. The van der Waals surface area contributed by atoms with Crippen LogP contribution in [0.4, 0.5) is 10.6 Å². The molecular formula is C16H17N5O2S. The number of anilines is 1. The molecule has 124 valence electrons. The number of benzene rings is 1. The quantitative estimate of drug-likeness (QED) is 0.746. The van der Waals surface area contributed by atoms with Gasteiger partial charge in [-0.05, 0) is 12.1 Å². The molecule has 3 aromatic rings. The molecule has 0 aliphatic heterocycles. The van der Waals surface area contributed by atoms with Gasteiger partial charge in [0.15, 0.2) is 0 Å². The van der Waals surface area contributed by atoms with E-state index in [1.165, 1.54) is 11.3 Å². The highest BCUT2D eigenvalue weighted by Crippen LogP contribution is 2.24. The second kappa shape index (κ2) is 7.14. The smallest absolute Gasteiger partial charge is 0.320 e. The lowest BCUT2D eigenvalue weighted by Gasteiger charge is -2.05. The minimum atomic E-state index is -0.301. The van der Waals surface area contributed by atoms with E-state index in [-0.39, 0.29) is 6.03 Å². The van der Waals surface area contributed by atoms with Crippen LogP contribution in [-0.4, -0.2) is 27.9 Å². The van der Waals surface area contributed by atoms with Gasteiger partial charge in [-0.25, -0.2) is 9.78 Å². The van der Waals surface area contributed by atoms with E-state index >= 15 is 0 Å². The van der Waals surface area contributed by atoms with E-state index in [0.717, 1.165) is 22.0 Å². The number of hydrogen-bond donors (Lipinski definition) is 2. The first-order valence-corrected chi connectivity index (χ1v) is 8.15. The van der Waals surface area contributed by atoms with E-state index in [1.54, 1.807) is 25.0 Å². The van der Waals surface area contributed by atoms with E-state index in [1.807, 2.05) is 35.7 Å². The van der Waals surface area contributed by atoms with E-state index < -0.39 is 0 Å². The number of carbonyl (C=O) groups is 1. The van der Waals surface area contributed by atoms with Crippen molar-refractivity contribution in [1.29, 1.82) is 0 Å². The van der Waals surface area contributed by atoms with Crippen LogP contribution in [0.2, 0.25) is 0 Å². The van der Waals surface area contributed by atoms with Crippen molar-refractivity contribution in [2.45, 2.75) is 6.54 Å². The highest BCUT2D eigenvalue weighted by molar-refractivity contribution is 7.09. The predicted molar refractivity (Wildman–Crippen MR) is 93.2 cm³/mol. The average molecular weight is 343 g/mol. The van der Waals surface area contributed by atoms with Crippen LogP contribution in [0.15, 0.2) is 41.9 Å². The number of thiazole rings is 1. The molecule has 1 aromatic carbocycles. The summed E-state index contributed by atoms with van der Waals surface area (Å²) in [4.78, 5) is 16.1. The van der Waals surface area contributed by atoms with Crippen molar-refractivity contribution >= 4 is 23.2 Å². The summed E-state index contributed by atoms with van der Waals surface area (Å²) < 4.78 is 6.85. The van der Waals surface area contributed by atoms with Gasteiger partial charge in [-0.2, -0.15) is 5.10 Å². The Morgan fingerprint density at radius 1 is 1.38 bits per heavy atom. The second-order valence-corrected chi connectivity index (χ2v) is 5.98. The maximum Gasteiger partial charge on any atom is 0.320 e. The van der Waals surface area contributed by atoms with Crippen LogP contribution in [0.1, 0.15) is 5.01 Å². The fraction of sp³-hybridized carbons (Fsp3) is 0.188. The summed E-state index contributed by atoms with van der Waals surface area (Å²) in [6, 6.07) is 9.13. The highest BCUT2D eigenvalue weighted by Gasteiger charge is 2.11. The van der Waals surface area contributed by atoms with Crippen LogP contribution in [0.25, 0.3) is 11.3 Å². The summed E-state index contributed by atoms with van der Waals surface area (Å²) in [7, 11) is 3.40. The van der Waals surface area contributed by atoms with Crippen LogP contribution >= 0.6 is 11.3 Å². The van der Waals surface area contributed by atoms with Crippen molar-refractivity contribution in [3.05, 3.63) is 46.9 Å². The molecule has 0 aliphatic carbocycles. The molecule has 0 aliphatic rings. The van der Waals surface area contributed by atoms with E-state index in [2.05, 4.69) is 20.7 Å². The van der Waals surface area contributed by atoms with Gasteiger partial charge >= 0.3 is 6.03 Å². The number of aryl methyl sites for hydroxylation is 1. The summed E-state index contributed by atoms with van der Waals surface area (Å²) in [5, 5.41) is 12.7. The van der Waals surface area contributed by atoms with Crippen molar-refractivity contribution in [1.82, 2.24) is 20.1 Å². The third-order valence-corrected chi connectivity index (χ3v) is 4.15. The molecule has 0 fully saturated rings. The van der Waals surface area contributed by atoms with Crippen molar-refractivity contribution in [3.63, 3.8) is 0 Å². The van der Waals surface area contributed by atoms with Crippen molar-refractivity contribution in [3.8, 4) is 17.0 Å². The maximum atomic E-state index is 12.0. The molecule has 3 rings (SSSR count). The van der Waals surface area contributed by atoms with Gasteiger partial charge in [0.1, 0.15) is 16.6 Å². The fourth-order valence-corrected chi connectivity index (χ4v) is 2.72. The molecule has 7 nitrogen and oxygen atoms in total. The number of amides is 2. The van der Waals surface area contributed by atoms with Gasteiger partial charge in [0, 0.05) is 30.3 Å². The third-order valence-electron chi connectivity index (χ3n) is 3.37. The first-order valence-electron chi connectivity index (χ1n) is 7.27. The molecule has 2 amide bonds. The maximum absolute atomic E-state index is 12.0. The number of ether oxygens (including phenoxy) is 1. The molecule has 24 heavy (non-hydrogen) atoms. The van der Waals surface area contributed by atoms with Gasteiger partial charge in [-0.15, -0.1) is 11.3 Å². The minimum absolute atomic E-state index is 0.301. The Labute approximate surface area is 143 Å². The number of carbonyl (C=O) groups excluding carboxylic acids is 1. The molecule has 2 heterocycles. The molecule has 0 radical (unpaired) electrons. The zero-order valence-electron chi connectivity index (χ0n) is 13.3. The molecule has 0 saturated carbocycles. The van der Waals surface area contributed by atoms with Gasteiger partial charge in [0.05, 0.1) is 19.3 Å². The largest absolute Gasteiger partial charge is 0.497 e. The normalized spacial score (nSPS) is 10.4. The number of rotatable bonds is 5. The first-order chi connectivity index (χ1) is 11.7. The summed E-state index contributed by atoms with van der Waals surface area (Å²) in [5.41, 5.74) is 1.67. The van der Waals surface area contributed by atoms with Crippen molar-refractivity contribution < 1.29 is 9.53 Å².